The Morgan fingerprint density at radius 1 is 1.54 bits per heavy atom. The van der Waals surface area contributed by atoms with E-state index in [1.807, 2.05) is 25.1 Å². The summed E-state index contributed by atoms with van der Waals surface area (Å²) >= 11 is 3.35. The van der Waals surface area contributed by atoms with Crippen LogP contribution >= 0.6 is 15.9 Å². The molecule has 0 aliphatic heterocycles. The Kier molecular flexibility index (Phi) is 3.75. The third kappa shape index (κ3) is 2.71. The zero-order valence-electron chi connectivity index (χ0n) is 7.75. The molecule has 0 aromatic heterocycles. The lowest BCUT2D eigenvalue weighted by atomic mass is 10.1. The number of ether oxygens (including phenoxy) is 1. The average molecular weight is 245 g/mol. The van der Waals surface area contributed by atoms with E-state index in [0.717, 1.165) is 15.8 Å². The minimum Gasteiger partial charge on any atom is -0.493 e. The fourth-order valence-corrected chi connectivity index (χ4v) is 1.51. The second-order valence-corrected chi connectivity index (χ2v) is 3.71. The second-order valence-electron chi connectivity index (χ2n) is 2.79. The molecule has 0 saturated carbocycles. The predicted molar refractivity (Wildman–Crippen MR) is 55.9 cm³/mol. The third-order valence-electron chi connectivity index (χ3n) is 1.72. The number of rotatable bonds is 3. The van der Waals surface area contributed by atoms with E-state index in [1.165, 1.54) is 0 Å². The zero-order valence-corrected chi connectivity index (χ0v) is 9.34. The monoisotopic (exact) mass is 244 g/mol. The molecule has 0 amide bonds. The van der Waals surface area contributed by atoms with Gasteiger partial charge in [-0.15, -0.1) is 0 Å². The zero-order chi connectivity index (χ0) is 9.84. The Morgan fingerprint density at radius 3 is 2.77 bits per heavy atom. The maximum absolute atomic E-state index is 9.45. The molecule has 0 aliphatic rings. The summed E-state index contributed by atoms with van der Waals surface area (Å²) in [6.45, 7) is 4.26. The van der Waals surface area contributed by atoms with E-state index in [1.54, 1.807) is 6.92 Å². The Balaban J connectivity index is 3.03. The largest absolute Gasteiger partial charge is 0.493 e. The van der Waals surface area contributed by atoms with Gasteiger partial charge in [-0.25, -0.2) is 0 Å². The highest BCUT2D eigenvalue weighted by molar-refractivity contribution is 9.10. The molecule has 1 rings (SSSR count). The van der Waals surface area contributed by atoms with Gasteiger partial charge in [-0.1, -0.05) is 15.9 Å². The summed E-state index contributed by atoms with van der Waals surface area (Å²) in [5, 5.41) is 9.45. The van der Waals surface area contributed by atoms with Crippen molar-refractivity contribution >= 4 is 15.9 Å². The van der Waals surface area contributed by atoms with Crippen LogP contribution in [0, 0.1) is 0 Å². The van der Waals surface area contributed by atoms with Crippen LogP contribution in [0.3, 0.4) is 0 Å². The van der Waals surface area contributed by atoms with E-state index in [4.69, 9.17) is 4.74 Å². The molecule has 0 aliphatic carbocycles. The van der Waals surface area contributed by atoms with Gasteiger partial charge in [-0.3, -0.25) is 0 Å². The van der Waals surface area contributed by atoms with Gasteiger partial charge in [0.15, 0.2) is 0 Å². The fraction of sp³-hybridized carbons (Fsp3) is 0.400. The van der Waals surface area contributed by atoms with Crippen molar-refractivity contribution in [2.45, 2.75) is 20.0 Å². The van der Waals surface area contributed by atoms with Gasteiger partial charge < -0.3 is 9.84 Å². The van der Waals surface area contributed by atoms with Crippen LogP contribution in [0.5, 0.6) is 5.75 Å². The SMILES string of the molecule is CCOc1ccc(Br)cc1[C@H](C)O. The first-order valence-electron chi connectivity index (χ1n) is 4.25. The van der Waals surface area contributed by atoms with Gasteiger partial charge in [0.05, 0.1) is 12.7 Å². The molecule has 0 unspecified atom stereocenters. The molecule has 1 aromatic carbocycles. The van der Waals surface area contributed by atoms with Crippen molar-refractivity contribution in [3.63, 3.8) is 0 Å². The highest BCUT2D eigenvalue weighted by atomic mass is 79.9. The van der Waals surface area contributed by atoms with Crippen LogP contribution in [-0.2, 0) is 0 Å². The number of benzene rings is 1. The van der Waals surface area contributed by atoms with Crippen LogP contribution in [0.4, 0.5) is 0 Å². The molecule has 0 bridgehead atoms. The lowest BCUT2D eigenvalue weighted by Gasteiger charge is -2.12. The average Bonchev–Trinajstić information content (AvgIpc) is 2.08. The van der Waals surface area contributed by atoms with Crippen molar-refractivity contribution in [2.75, 3.05) is 6.61 Å². The summed E-state index contributed by atoms with van der Waals surface area (Å²) < 4.78 is 6.32. The standard InChI is InChI=1S/C10H13BrO2/c1-3-13-10-5-4-8(11)6-9(10)7(2)12/h4-7,12H,3H2,1-2H3/t7-/m0/s1. The van der Waals surface area contributed by atoms with Crippen LogP contribution in [0.15, 0.2) is 22.7 Å². The van der Waals surface area contributed by atoms with Gasteiger partial charge in [0, 0.05) is 10.0 Å². The normalized spacial score (nSPS) is 12.6. The van der Waals surface area contributed by atoms with Gasteiger partial charge in [-0.2, -0.15) is 0 Å². The van der Waals surface area contributed by atoms with Crippen molar-refractivity contribution < 1.29 is 9.84 Å². The van der Waals surface area contributed by atoms with Crippen molar-refractivity contribution in [3.8, 4) is 5.75 Å². The number of aliphatic hydroxyl groups is 1. The smallest absolute Gasteiger partial charge is 0.125 e. The number of hydrogen-bond acceptors (Lipinski definition) is 2. The summed E-state index contributed by atoms with van der Waals surface area (Å²) in [5.41, 5.74) is 0.816. The summed E-state index contributed by atoms with van der Waals surface area (Å²) in [6, 6.07) is 5.63. The van der Waals surface area contributed by atoms with Gasteiger partial charge in [-0.05, 0) is 32.0 Å². The van der Waals surface area contributed by atoms with E-state index in [-0.39, 0.29) is 0 Å². The second kappa shape index (κ2) is 4.63. The van der Waals surface area contributed by atoms with Gasteiger partial charge >= 0.3 is 0 Å². The lowest BCUT2D eigenvalue weighted by Crippen LogP contribution is -1.99. The topological polar surface area (TPSA) is 29.5 Å². The first kappa shape index (κ1) is 10.5. The van der Waals surface area contributed by atoms with E-state index < -0.39 is 6.10 Å². The fourth-order valence-electron chi connectivity index (χ4n) is 1.13. The Morgan fingerprint density at radius 2 is 2.23 bits per heavy atom. The summed E-state index contributed by atoms with van der Waals surface area (Å²) in [7, 11) is 0. The van der Waals surface area contributed by atoms with Crippen LogP contribution in [0.25, 0.3) is 0 Å². The first-order chi connectivity index (χ1) is 6.15. The molecular formula is C10H13BrO2. The first-order valence-corrected chi connectivity index (χ1v) is 5.04. The van der Waals surface area contributed by atoms with E-state index in [9.17, 15) is 5.11 Å². The number of halogens is 1. The van der Waals surface area contributed by atoms with E-state index in [0.29, 0.717) is 6.61 Å². The molecular weight excluding hydrogens is 232 g/mol. The maximum Gasteiger partial charge on any atom is 0.125 e. The molecule has 0 saturated heterocycles. The molecule has 0 heterocycles. The summed E-state index contributed by atoms with van der Waals surface area (Å²) in [5.74, 6) is 0.751. The molecule has 3 heteroatoms. The van der Waals surface area contributed by atoms with Gasteiger partial charge in [0.2, 0.25) is 0 Å². The Bertz CT molecular complexity index is 284. The third-order valence-corrected chi connectivity index (χ3v) is 2.22. The molecule has 0 fully saturated rings. The predicted octanol–water partition coefficient (Wildman–Crippen LogP) is 2.90. The molecule has 1 aromatic rings. The van der Waals surface area contributed by atoms with Crippen LogP contribution < -0.4 is 4.74 Å². The molecule has 1 N–H and O–H groups in total. The molecule has 0 spiro atoms. The molecule has 13 heavy (non-hydrogen) atoms. The minimum atomic E-state index is -0.501. The van der Waals surface area contributed by atoms with Crippen LogP contribution in [-0.4, -0.2) is 11.7 Å². The summed E-state index contributed by atoms with van der Waals surface area (Å²) in [6.07, 6.45) is -0.501. The minimum absolute atomic E-state index is 0.501. The highest BCUT2D eigenvalue weighted by Gasteiger charge is 2.08. The number of aliphatic hydroxyl groups excluding tert-OH is 1. The quantitative estimate of drug-likeness (QED) is 0.887. The van der Waals surface area contributed by atoms with Crippen molar-refractivity contribution in [1.82, 2.24) is 0 Å². The van der Waals surface area contributed by atoms with Crippen LogP contribution in [0.2, 0.25) is 0 Å². The summed E-state index contributed by atoms with van der Waals surface area (Å²) in [4.78, 5) is 0. The maximum atomic E-state index is 9.45. The van der Waals surface area contributed by atoms with E-state index >= 15 is 0 Å². The van der Waals surface area contributed by atoms with Crippen molar-refractivity contribution in [3.05, 3.63) is 28.2 Å². The Hall–Kier alpha value is -0.540. The van der Waals surface area contributed by atoms with Crippen molar-refractivity contribution in [2.24, 2.45) is 0 Å². The molecule has 2 nitrogen and oxygen atoms in total. The van der Waals surface area contributed by atoms with Gasteiger partial charge in [0.1, 0.15) is 5.75 Å². The Labute approximate surface area is 86.7 Å². The van der Waals surface area contributed by atoms with E-state index in [2.05, 4.69) is 15.9 Å². The highest BCUT2D eigenvalue weighted by Crippen LogP contribution is 2.28. The molecule has 0 radical (unpaired) electrons. The lowest BCUT2D eigenvalue weighted by molar-refractivity contribution is 0.192. The van der Waals surface area contributed by atoms with Crippen molar-refractivity contribution in [1.29, 1.82) is 0 Å². The van der Waals surface area contributed by atoms with Crippen LogP contribution in [0.1, 0.15) is 25.5 Å². The van der Waals surface area contributed by atoms with Gasteiger partial charge in [0.25, 0.3) is 0 Å². The molecule has 1 atom stereocenters. The number of hydrogen-bond donors (Lipinski definition) is 1. The molecule has 72 valence electrons.